The maximum atomic E-state index is 11.9. The van der Waals surface area contributed by atoms with Crippen molar-refractivity contribution in [1.29, 1.82) is 0 Å². The number of pyridine rings is 1. The van der Waals surface area contributed by atoms with Crippen molar-refractivity contribution in [2.24, 2.45) is 0 Å². The number of nitrogens with one attached hydrogen (secondary N) is 2. The van der Waals surface area contributed by atoms with Crippen molar-refractivity contribution in [3.05, 3.63) is 32.6 Å². The number of sulfonamides is 1. The first-order valence-electron chi connectivity index (χ1n) is 4.59. The zero-order valence-corrected chi connectivity index (χ0v) is 11.4. The topological polar surface area (TPSA) is 105 Å². The van der Waals surface area contributed by atoms with E-state index >= 15 is 0 Å². The Morgan fingerprint density at radius 1 is 1.44 bits per heavy atom. The highest BCUT2D eigenvalue weighted by Crippen LogP contribution is 2.19. The number of hydrogen-bond acceptors (Lipinski definition) is 6. The summed E-state index contributed by atoms with van der Waals surface area (Å²) in [5.74, 6) is 0. The van der Waals surface area contributed by atoms with Gasteiger partial charge in [0.15, 0.2) is 0 Å². The molecule has 0 saturated heterocycles. The van der Waals surface area contributed by atoms with Gasteiger partial charge in [0.1, 0.15) is 14.9 Å². The summed E-state index contributed by atoms with van der Waals surface area (Å²) in [6, 6.07) is 1.07. The quantitative estimate of drug-likeness (QED) is 0.879. The number of anilines is 1. The van der Waals surface area contributed by atoms with Crippen LogP contribution in [0.5, 0.6) is 0 Å². The third-order valence-corrected chi connectivity index (χ3v) is 4.37. The number of aromatic nitrogens is 3. The summed E-state index contributed by atoms with van der Waals surface area (Å²) in [5.41, 5.74) is -0.553. The molecular weight excluding hydrogens is 300 g/mol. The summed E-state index contributed by atoms with van der Waals surface area (Å²) in [6.45, 7) is 1.70. The van der Waals surface area contributed by atoms with Gasteiger partial charge in [-0.2, -0.15) is 0 Å². The number of aryl methyl sites for hydroxylation is 1. The lowest BCUT2D eigenvalue weighted by atomic mass is 10.5. The zero-order chi connectivity index (χ0) is 13.3. The molecule has 7 nitrogen and oxygen atoms in total. The molecule has 0 amide bonds. The van der Waals surface area contributed by atoms with Gasteiger partial charge in [0.25, 0.3) is 15.6 Å². The maximum absolute atomic E-state index is 11.9. The van der Waals surface area contributed by atoms with E-state index in [4.69, 9.17) is 11.6 Å². The molecule has 0 aliphatic carbocycles. The Morgan fingerprint density at radius 3 is 2.72 bits per heavy atom. The largest absolute Gasteiger partial charge is 0.326 e. The molecule has 2 N–H and O–H groups in total. The van der Waals surface area contributed by atoms with E-state index in [0.29, 0.717) is 5.01 Å². The van der Waals surface area contributed by atoms with Crippen molar-refractivity contribution in [2.45, 2.75) is 11.8 Å². The van der Waals surface area contributed by atoms with Gasteiger partial charge in [-0.1, -0.05) is 22.9 Å². The van der Waals surface area contributed by atoms with Crippen LogP contribution in [0.25, 0.3) is 0 Å². The average molecular weight is 307 g/mol. The molecule has 0 aromatic carbocycles. The fourth-order valence-electron chi connectivity index (χ4n) is 1.10. The summed E-state index contributed by atoms with van der Waals surface area (Å²) in [7, 11) is -3.84. The first kappa shape index (κ1) is 13.0. The number of H-pyrrole nitrogens is 1. The van der Waals surface area contributed by atoms with E-state index in [9.17, 15) is 13.2 Å². The minimum atomic E-state index is -3.84. The molecule has 0 radical (unpaired) electrons. The lowest BCUT2D eigenvalue weighted by molar-refractivity contribution is 0.600. The highest BCUT2D eigenvalue weighted by atomic mass is 35.5. The second kappa shape index (κ2) is 4.67. The van der Waals surface area contributed by atoms with Crippen LogP contribution in [0.1, 0.15) is 5.01 Å². The second-order valence-corrected chi connectivity index (χ2v) is 6.52. The second-order valence-electron chi connectivity index (χ2n) is 3.24. The number of rotatable bonds is 3. The fourth-order valence-corrected chi connectivity index (χ4v) is 3.16. The first-order valence-corrected chi connectivity index (χ1v) is 7.27. The fraction of sp³-hybridized carbons (Fsp3) is 0.125. The van der Waals surface area contributed by atoms with Gasteiger partial charge in [0.2, 0.25) is 5.13 Å². The van der Waals surface area contributed by atoms with Gasteiger partial charge in [0.05, 0.1) is 0 Å². The Bertz CT molecular complexity index is 737. The molecule has 0 unspecified atom stereocenters. The van der Waals surface area contributed by atoms with Crippen LogP contribution in [0, 0.1) is 6.92 Å². The lowest BCUT2D eigenvalue weighted by Gasteiger charge is -2.04. The van der Waals surface area contributed by atoms with Gasteiger partial charge < -0.3 is 4.98 Å². The smallest absolute Gasteiger partial charge is 0.266 e. The van der Waals surface area contributed by atoms with Crippen LogP contribution in [-0.4, -0.2) is 23.6 Å². The molecule has 2 rings (SSSR count). The summed E-state index contributed by atoms with van der Waals surface area (Å²) in [5, 5.41) is 7.90. The van der Waals surface area contributed by atoms with Crippen molar-refractivity contribution in [3.63, 3.8) is 0 Å². The minimum absolute atomic E-state index is 0.148. The Kier molecular flexibility index (Phi) is 3.37. The summed E-state index contributed by atoms with van der Waals surface area (Å²) >= 11 is 6.66. The van der Waals surface area contributed by atoms with Crippen molar-refractivity contribution in [1.82, 2.24) is 15.2 Å². The zero-order valence-electron chi connectivity index (χ0n) is 8.97. The third kappa shape index (κ3) is 2.68. The van der Waals surface area contributed by atoms with Gasteiger partial charge in [-0.3, -0.25) is 9.52 Å². The third-order valence-electron chi connectivity index (χ3n) is 1.89. The predicted octanol–water partition coefficient (Wildman–Crippen LogP) is 0.989. The van der Waals surface area contributed by atoms with Crippen LogP contribution in [0.15, 0.2) is 22.0 Å². The molecule has 96 valence electrons. The minimum Gasteiger partial charge on any atom is -0.326 e. The molecule has 0 bridgehead atoms. The Labute approximate surface area is 111 Å². The van der Waals surface area contributed by atoms with Crippen LogP contribution >= 0.6 is 22.9 Å². The highest BCUT2D eigenvalue weighted by Gasteiger charge is 2.17. The molecule has 18 heavy (non-hydrogen) atoms. The number of halogens is 1. The normalized spacial score (nSPS) is 11.4. The van der Waals surface area contributed by atoms with E-state index in [2.05, 4.69) is 19.9 Å². The molecule has 0 aliphatic rings. The number of aromatic amines is 1. The Hall–Kier alpha value is -1.45. The molecule has 0 saturated carbocycles. The molecule has 0 spiro atoms. The lowest BCUT2D eigenvalue weighted by Crippen LogP contribution is -2.15. The van der Waals surface area contributed by atoms with Gasteiger partial charge in [-0.25, -0.2) is 8.42 Å². The number of hydrogen-bond donors (Lipinski definition) is 2. The molecule has 2 aromatic rings. The van der Waals surface area contributed by atoms with Crippen LogP contribution in [0.2, 0.25) is 5.02 Å². The van der Waals surface area contributed by atoms with Crippen molar-refractivity contribution in [3.8, 4) is 0 Å². The van der Waals surface area contributed by atoms with E-state index < -0.39 is 15.6 Å². The van der Waals surface area contributed by atoms with E-state index in [-0.39, 0.29) is 15.0 Å². The highest BCUT2D eigenvalue weighted by molar-refractivity contribution is 7.93. The monoisotopic (exact) mass is 306 g/mol. The van der Waals surface area contributed by atoms with E-state index in [1.807, 2.05) is 0 Å². The van der Waals surface area contributed by atoms with Crippen LogP contribution in [-0.2, 0) is 10.0 Å². The molecule has 2 heterocycles. The Morgan fingerprint density at radius 2 is 2.17 bits per heavy atom. The predicted molar refractivity (Wildman–Crippen MR) is 67.5 cm³/mol. The Balaban J connectivity index is 2.36. The number of nitrogens with zero attached hydrogens (tertiary/aromatic N) is 2. The van der Waals surface area contributed by atoms with Crippen LogP contribution in [0.4, 0.5) is 5.13 Å². The van der Waals surface area contributed by atoms with Crippen LogP contribution < -0.4 is 10.3 Å². The van der Waals surface area contributed by atoms with Crippen molar-refractivity contribution in [2.75, 3.05) is 4.72 Å². The first-order chi connectivity index (χ1) is 8.38. The van der Waals surface area contributed by atoms with Crippen molar-refractivity contribution >= 4 is 38.1 Å². The average Bonchev–Trinajstić information content (AvgIpc) is 2.67. The standard InChI is InChI=1S/C8H7ClN4O3S2/c1-4-11-12-8(17-4)13-18(15,16)5-2-6(9)7(14)10-3-5/h2-3H,1H3,(H,10,14)(H,12,13). The van der Waals surface area contributed by atoms with Crippen LogP contribution in [0.3, 0.4) is 0 Å². The van der Waals surface area contributed by atoms with Gasteiger partial charge in [-0.15, -0.1) is 10.2 Å². The molecule has 2 aromatic heterocycles. The van der Waals surface area contributed by atoms with E-state index in [1.54, 1.807) is 6.92 Å². The van der Waals surface area contributed by atoms with E-state index in [0.717, 1.165) is 23.6 Å². The molecule has 0 fully saturated rings. The summed E-state index contributed by atoms with van der Waals surface area (Å²) in [4.78, 5) is 13.1. The van der Waals surface area contributed by atoms with Gasteiger partial charge >= 0.3 is 0 Å². The molecular formula is C8H7ClN4O3S2. The van der Waals surface area contributed by atoms with Crippen molar-refractivity contribution < 1.29 is 8.42 Å². The summed E-state index contributed by atoms with van der Waals surface area (Å²) in [6.07, 6.45) is 1.06. The molecule has 0 atom stereocenters. The molecule has 10 heteroatoms. The summed E-state index contributed by atoms with van der Waals surface area (Å²) < 4.78 is 26.1. The van der Waals surface area contributed by atoms with E-state index in [1.165, 1.54) is 0 Å². The van der Waals surface area contributed by atoms with Gasteiger partial charge in [0, 0.05) is 6.20 Å². The SMILES string of the molecule is Cc1nnc(NS(=O)(=O)c2c[nH]c(=O)c(Cl)c2)s1. The molecule has 0 aliphatic heterocycles. The maximum Gasteiger partial charge on any atom is 0.266 e. The van der Waals surface area contributed by atoms with Gasteiger partial charge in [-0.05, 0) is 13.0 Å².